The first-order valence-electron chi connectivity index (χ1n) is 6.38. The first-order chi connectivity index (χ1) is 10.1. The molecule has 21 heavy (non-hydrogen) atoms. The Hall–Kier alpha value is -1.55. The number of hydrogen-bond acceptors (Lipinski definition) is 3. The number of nitrogens with two attached hydrogens (primary N) is 1. The van der Waals surface area contributed by atoms with Gasteiger partial charge in [-0.25, -0.2) is 0 Å². The van der Waals surface area contributed by atoms with Crippen molar-refractivity contribution in [1.82, 2.24) is 0 Å². The highest BCUT2D eigenvalue weighted by Crippen LogP contribution is 2.26. The Labute approximate surface area is 133 Å². The minimum atomic E-state index is -0.598. The Morgan fingerprint density at radius 3 is 2.29 bits per heavy atom. The molecule has 0 saturated carbocycles. The van der Waals surface area contributed by atoms with Crippen molar-refractivity contribution in [3.8, 4) is 5.75 Å². The molecule has 0 bridgehead atoms. The van der Waals surface area contributed by atoms with Gasteiger partial charge in [-0.3, -0.25) is 4.79 Å². The van der Waals surface area contributed by atoms with Crippen LogP contribution in [0.3, 0.4) is 0 Å². The summed E-state index contributed by atoms with van der Waals surface area (Å²) in [6, 6.07) is 12.1. The lowest BCUT2D eigenvalue weighted by atomic mass is 10.1. The van der Waals surface area contributed by atoms with E-state index in [-0.39, 0.29) is 0 Å². The maximum absolute atomic E-state index is 10.4. The van der Waals surface area contributed by atoms with Crippen molar-refractivity contribution in [3.05, 3.63) is 63.6 Å². The van der Waals surface area contributed by atoms with Crippen molar-refractivity contribution in [3.63, 3.8) is 0 Å². The Balaban J connectivity index is 1.99. The molecule has 1 radical (unpaired) electrons. The standard InChI is InChI=1S/C16H14Cl2NO2/c17-15-2-1-3-16(18)14(15)10-21-13-6-4-11(5-7-13)8-12(19)9-20/h1-7,12H,8,10,19H2. The zero-order valence-corrected chi connectivity index (χ0v) is 12.7. The third-order valence-corrected chi connectivity index (χ3v) is 3.68. The van der Waals surface area contributed by atoms with Gasteiger partial charge in [0, 0.05) is 15.6 Å². The van der Waals surface area contributed by atoms with Crippen LogP contribution in [0.2, 0.25) is 10.0 Å². The molecule has 0 aromatic heterocycles. The summed E-state index contributed by atoms with van der Waals surface area (Å²) in [5.74, 6) is 0.693. The number of hydrogen-bond donors (Lipinski definition) is 1. The van der Waals surface area contributed by atoms with E-state index in [9.17, 15) is 4.79 Å². The van der Waals surface area contributed by atoms with Crippen LogP contribution in [0.4, 0.5) is 0 Å². The van der Waals surface area contributed by atoms with Crippen LogP contribution in [0.25, 0.3) is 0 Å². The molecule has 0 aliphatic rings. The fourth-order valence-electron chi connectivity index (χ4n) is 1.84. The maximum Gasteiger partial charge on any atom is 0.217 e. The second-order valence-electron chi connectivity index (χ2n) is 4.56. The van der Waals surface area contributed by atoms with Gasteiger partial charge in [0.25, 0.3) is 0 Å². The Morgan fingerprint density at radius 1 is 1.10 bits per heavy atom. The van der Waals surface area contributed by atoms with Crippen LogP contribution < -0.4 is 10.5 Å². The van der Waals surface area contributed by atoms with Gasteiger partial charge in [0.2, 0.25) is 6.29 Å². The number of benzene rings is 2. The molecule has 0 spiro atoms. The van der Waals surface area contributed by atoms with Crippen LogP contribution in [0, 0.1) is 0 Å². The molecule has 0 fully saturated rings. The van der Waals surface area contributed by atoms with Crippen molar-refractivity contribution in [2.45, 2.75) is 19.1 Å². The van der Waals surface area contributed by atoms with Crippen molar-refractivity contribution in [1.29, 1.82) is 0 Å². The van der Waals surface area contributed by atoms with Crippen LogP contribution in [-0.2, 0) is 17.8 Å². The SMILES string of the molecule is NC([C]=O)Cc1ccc(OCc2c(Cl)cccc2Cl)cc1. The average Bonchev–Trinajstić information content (AvgIpc) is 2.48. The fourth-order valence-corrected chi connectivity index (χ4v) is 2.35. The van der Waals surface area contributed by atoms with Gasteiger partial charge in [0.1, 0.15) is 12.4 Å². The van der Waals surface area contributed by atoms with Gasteiger partial charge >= 0.3 is 0 Å². The van der Waals surface area contributed by atoms with E-state index in [1.807, 2.05) is 24.3 Å². The molecule has 0 aliphatic heterocycles. The van der Waals surface area contributed by atoms with E-state index >= 15 is 0 Å². The van der Waals surface area contributed by atoms with Crippen molar-refractivity contribution >= 4 is 29.5 Å². The van der Waals surface area contributed by atoms with E-state index in [1.165, 1.54) is 0 Å². The maximum atomic E-state index is 10.4. The van der Waals surface area contributed by atoms with E-state index in [4.69, 9.17) is 33.7 Å². The molecule has 5 heteroatoms. The highest BCUT2D eigenvalue weighted by molar-refractivity contribution is 6.35. The van der Waals surface area contributed by atoms with Gasteiger partial charge in [-0.15, -0.1) is 0 Å². The third kappa shape index (κ3) is 4.46. The Bertz CT molecular complexity index is 594. The number of halogens is 2. The molecule has 1 unspecified atom stereocenters. The molecule has 0 heterocycles. The zero-order valence-electron chi connectivity index (χ0n) is 11.2. The molecule has 0 amide bonds. The van der Waals surface area contributed by atoms with Gasteiger partial charge in [-0.1, -0.05) is 41.4 Å². The fraction of sp³-hybridized carbons (Fsp3) is 0.188. The molecule has 2 N–H and O–H groups in total. The minimum Gasteiger partial charge on any atom is -0.489 e. The van der Waals surface area contributed by atoms with E-state index in [1.54, 1.807) is 24.5 Å². The molecule has 2 aromatic rings. The highest BCUT2D eigenvalue weighted by Gasteiger charge is 2.07. The lowest BCUT2D eigenvalue weighted by Gasteiger charge is -2.10. The van der Waals surface area contributed by atoms with Crippen molar-refractivity contribution < 1.29 is 9.53 Å². The van der Waals surface area contributed by atoms with Gasteiger partial charge in [-0.05, 0) is 36.2 Å². The van der Waals surface area contributed by atoms with E-state index in [0.29, 0.717) is 28.8 Å². The normalized spacial score (nSPS) is 12.0. The summed E-state index contributed by atoms with van der Waals surface area (Å²) in [5.41, 5.74) is 7.23. The first kappa shape index (κ1) is 15.8. The van der Waals surface area contributed by atoms with E-state index < -0.39 is 6.04 Å². The summed E-state index contributed by atoms with van der Waals surface area (Å²) in [4.78, 5) is 10.4. The topological polar surface area (TPSA) is 52.3 Å². The summed E-state index contributed by atoms with van der Waals surface area (Å²) in [5, 5.41) is 1.15. The Kier molecular flexibility index (Phi) is 5.62. The monoisotopic (exact) mass is 322 g/mol. The lowest BCUT2D eigenvalue weighted by molar-refractivity contribution is 0.306. The van der Waals surface area contributed by atoms with Crippen molar-refractivity contribution in [2.24, 2.45) is 5.73 Å². The molecule has 0 aliphatic carbocycles. The van der Waals surface area contributed by atoms with Crippen LogP contribution >= 0.6 is 23.2 Å². The van der Waals surface area contributed by atoms with E-state index in [0.717, 1.165) is 11.1 Å². The quantitative estimate of drug-likeness (QED) is 0.884. The average molecular weight is 323 g/mol. The van der Waals surface area contributed by atoms with Gasteiger partial charge < -0.3 is 10.5 Å². The predicted molar refractivity (Wildman–Crippen MR) is 84.6 cm³/mol. The summed E-state index contributed by atoms with van der Waals surface area (Å²) in [6.45, 7) is 0.291. The molecule has 2 rings (SSSR count). The molecule has 2 aromatic carbocycles. The number of carbonyl (C=O) groups excluding carboxylic acids is 1. The lowest BCUT2D eigenvalue weighted by Crippen LogP contribution is -2.23. The van der Waals surface area contributed by atoms with Crippen molar-refractivity contribution in [2.75, 3.05) is 0 Å². The van der Waals surface area contributed by atoms with Crippen LogP contribution in [-0.4, -0.2) is 12.3 Å². The summed E-state index contributed by atoms with van der Waals surface area (Å²) in [6.07, 6.45) is 2.21. The predicted octanol–water partition coefficient (Wildman–Crippen LogP) is 3.55. The zero-order chi connectivity index (χ0) is 15.2. The largest absolute Gasteiger partial charge is 0.489 e. The summed E-state index contributed by atoms with van der Waals surface area (Å²) < 4.78 is 5.66. The van der Waals surface area contributed by atoms with Crippen LogP contribution in [0.1, 0.15) is 11.1 Å². The highest BCUT2D eigenvalue weighted by atomic mass is 35.5. The van der Waals surface area contributed by atoms with Gasteiger partial charge in [0.15, 0.2) is 0 Å². The molecule has 3 nitrogen and oxygen atoms in total. The van der Waals surface area contributed by atoms with Crippen LogP contribution in [0.15, 0.2) is 42.5 Å². The second kappa shape index (κ2) is 7.46. The Morgan fingerprint density at radius 2 is 1.71 bits per heavy atom. The number of rotatable bonds is 6. The van der Waals surface area contributed by atoms with E-state index in [2.05, 4.69) is 0 Å². The summed E-state index contributed by atoms with van der Waals surface area (Å²) in [7, 11) is 0. The van der Waals surface area contributed by atoms with Crippen LogP contribution in [0.5, 0.6) is 5.75 Å². The summed E-state index contributed by atoms with van der Waals surface area (Å²) >= 11 is 12.2. The first-order valence-corrected chi connectivity index (χ1v) is 7.13. The molecular formula is C16H14Cl2NO2. The molecule has 109 valence electrons. The smallest absolute Gasteiger partial charge is 0.217 e. The molecule has 1 atom stereocenters. The molecule has 0 saturated heterocycles. The second-order valence-corrected chi connectivity index (χ2v) is 5.38. The minimum absolute atomic E-state index is 0.291. The molecular weight excluding hydrogens is 309 g/mol. The third-order valence-electron chi connectivity index (χ3n) is 2.98. The van der Waals surface area contributed by atoms with Gasteiger partial charge in [-0.2, -0.15) is 0 Å². The number of ether oxygens (including phenoxy) is 1. The van der Waals surface area contributed by atoms with Gasteiger partial charge in [0.05, 0.1) is 6.04 Å².